The predicted octanol–water partition coefficient (Wildman–Crippen LogP) is 8.19. The predicted molar refractivity (Wildman–Crippen MR) is 245 cm³/mol. The number of aliphatic hydroxyl groups is 1. The molecule has 0 saturated heterocycles. The average molecular weight is 917 g/mol. The quantitative estimate of drug-likeness (QED) is 0.0784. The molecular weight excluding hydrogens is 857 g/mol. The lowest BCUT2D eigenvalue weighted by atomic mass is 10.2. The lowest BCUT2D eigenvalue weighted by molar-refractivity contribution is 0.160. The van der Waals surface area contributed by atoms with E-state index in [4.69, 9.17) is 18.9 Å². The second kappa shape index (κ2) is 22.3. The minimum absolute atomic E-state index is 0.0400. The molecule has 1 unspecified atom stereocenters. The standard InChI is InChI=1S/C25H33N3O5S.C22H27N3O4S/c1-6-24(29)23-15-25(26-28(23)18(2)3)34(30,31)27(16-19-7-11-21(32-4)12-8-19)17-20-9-13-22(33-5)14-10-20;1-17(2)25-14-13-22(23-25)30(26,27)24(15-18-5-9-20(28-3)10-6-18)16-19-7-11-21(29-4)12-8-19/h7-15,18,24,29H,6,16-17H2,1-5H3;5-14,17H,15-16H2,1-4H3. The summed E-state index contributed by atoms with van der Waals surface area (Å²) in [4.78, 5) is 0. The maximum absolute atomic E-state index is 13.8. The second-order valence-corrected chi connectivity index (χ2v) is 19.3. The van der Waals surface area contributed by atoms with Crippen LogP contribution in [0.1, 0.15) is 87.2 Å². The molecule has 0 aliphatic carbocycles. The van der Waals surface area contributed by atoms with Crippen molar-refractivity contribution in [3.8, 4) is 23.0 Å². The van der Waals surface area contributed by atoms with Gasteiger partial charge < -0.3 is 24.1 Å². The molecule has 0 radical (unpaired) electrons. The van der Waals surface area contributed by atoms with Crippen LogP contribution in [-0.2, 0) is 46.2 Å². The molecule has 0 bridgehead atoms. The van der Waals surface area contributed by atoms with Gasteiger partial charge in [0.25, 0.3) is 20.0 Å². The Hall–Kier alpha value is -5.72. The van der Waals surface area contributed by atoms with E-state index >= 15 is 0 Å². The SMILES string of the molecule is CCC(O)c1cc(S(=O)(=O)N(Cc2ccc(OC)cc2)Cc2ccc(OC)cc2)nn1C(C)C.COc1ccc(CN(Cc2ccc(OC)cc2)S(=O)(=O)c2ccn(C(C)C)n2)cc1. The van der Waals surface area contributed by atoms with Crippen molar-refractivity contribution in [2.75, 3.05) is 28.4 Å². The molecule has 0 fully saturated rings. The first-order valence-corrected chi connectivity index (χ1v) is 23.8. The van der Waals surface area contributed by atoms with Crippen molar-refractivity contribution in [3.05, 3.63) is 143 Å². The minimum atomic E-state index is -3.98. The van der Waals surface area contributed by atoms with Crippen LogP contribution >= 0.6 is 0 Å². The molecule has 6 rings (SSSR count). The summed E-state index contributed by atoms with van der Waals surface area (Å²) in [7, 11) is -1.41. The third-order valence-electron chi connectivity index (χ3n) is 10.4. The largest absolute Gasteiger partial charge is 0.497 e. The highest BCUT2D eigenvalue weighted by atomic mass is 32.2. The maximum atomic E-state index is 13.8. The van der Waals surface area contributed by atoms with Gasteiger partial charge in [-0.1, -0.05) is 55.5 Å². The van der Waals surface area contributed by atoms with E-state index in [0.717, 1.165) is 33.8 Å². The fourth-order valence-electron chi connectivity index (χ4n) is 6.58. The van der Waals surface area contributed by atoms with Gasteiger partial charge in [-0.05, 0) is 111 Å². The Labute approximate surface area is 377 Å². The number of hydrogen-bond donors (Lipinski definition) is 1. The van der Waals surface area contributed by atoms with Crippen LogP contribution in [0.15, 0.2) is 125 Å². The first-order chi connectivity index (χ1) is 30.5. The first kappa shape index (κ1) is 49.3. The average Bonchev–Trinajstić information content (AvgIpc) is 4.00. The number of methoxy groups -OCH3 is 4. The Balaban J connectivity index is 0.000000243. The zero-order valence-corrected chi connectivity index (χ0v) is 39.6. The first-order valence-electron chi connectivity index (χ1n) is 20.9. The Morgan fingerprint density at radius 2 is 0.875 bits per heavy atom. The van der Waals surface area contributed by atoms with Crippen LogP contribution in [-0.4, -0.2) is 78.6 Å². The molecule has 0 spiro atoms. The number of aliphatic hydroxyl groups excluding tert-OH is 1. The van der Waals surface area contributed by atoms with E-state index in [1.807, 2.05) is 107 Å². The molecule has 1 atom stereocenters. The highest BCUT2D eigenvalue weighted by molar-refractivity contribution is 7.89. The summed E-state index contributed by atoms with van der Waals surface area (Å²) in [5.41, 5.74) is 3.84. The summed E-state index contributed by atoms with van der Waals surface area (Å²) in [6.07, 6.45) is 1.35. The van der Waals surface area contributed by atoms with E-state index < -0.39 is 26.2 Å². The topological polar surface area (TPSA) is 168 Å². The fourth-order valence-corrected chi connectivity index (χ4v) is 9.28. The number of ether oxygens (including phenoxy) is 4. The van der Waals surface area contributed by atoms with Gasteiger partial charge in [-0.15, -0.1) is 0 Å². The van der Waals surface area contributed by atoms with Gasteiger partial charge in [0.15, 0.2) is 10.1 Å². The number of sulfonamides is 2. The zero-order chi connectivity index (χ0) is 46.6. The number of rotatable bonds is 20. The number of hydrogen-bond acceptors (Lipinski definition) is 11. The van der Waals surface area contributed by atoms with Crippen molar-refractivity contribution < 1.29 is 40.9 Å². The summed E-state index contributed by atoms with van der Waals surface area (Å²) < 4.78 is 81.3. The van der Waals surface area contributed by atoms with Crippen molar-refractivity contribution >= 4 is 20.0 Å². The summed E-state index contributed by atoms with van der Waals surface area (Å²) in [5, 5.41) is 19.1. The van der Waals surface area contributed by atoms with E-state index in [1.165, 1.54) is 14.7 Å². The third-order valence-corrected chi connectivity index (χ3v) is 13.7. The molecular formula is C47H60N6O9S2. The van der Waals surface area contributed by atoms with Gasteiger partial charge >= 0.3 is 0 Å². The van der Waals surface area contributed by atoms with E-state index in [2.05, 4.69) is 10.2 Å². The van der Waals surface area contributed by atoms with Gasteiger partial charge in [0.05, 0.1) is 40.2 Å². The van der Waals surface area contributed by atoms with E-state index in [0.29, 0.717) is 23.6 Å². The summed E-state index contributed by atoms with van der Waals surface area (Å²) in [6.45, 7) is 10.3. The molecule has 64 heavy (non-hydrogen) atoms. The minimum Gasteiger partial charge on any atom is -0.497 e. The lowest BCUT2D eigenvalue weighted by Gasteiger charge is -2.22. The van der Waals surface area contributed by atoms with Crippen LogP contribution in [0.25, 0.3) is 0 Å². The molecule has 0 aliphatic heterocycles. The van der Waals surface area contributed by atoms with Gasteiger partial charge in [-0.2, -0.15) is 18.8 Å². The van der Waals surface area contributed by atoms with Crippen molar-refractivity contribution in [3.63, 3.8) is 0 Å². The van der Waals surface area contributed by atoms with Gasteiger partial charge in [-0.3, -0.25) is 9.36 Å². The fraction of sp³-hybridized carbons (Fsp3) is 0.362. The molecule has 344 valence electrons. The van der Waals surface area contributed by atoms with Gasteiger partial charge in [0.1, 0.15) is 23.0 Å². The van der Waals surface area contributed by atoms with Crippen molar-refractivity contribution in [1.82, 2.24) is 28.2 Å². The molecule has 4 aromatic carbocycles. The number of aromatic nitrogens is 4. The Kier molecular flexibility index (Phi) is 17.1. The molecule has 1 N–H and O–H groups in total. The lowest BCUT2D eigenvalue weighted by Crippen LogP contribution is -2.30. The summed E-state index contributed by atoms with van der Waals surface area (Å²) in [5.74, 6) is 2.84. The Bertz CT molecular complexity index is 2500. The molecule has 0 saturated carbocycles. The van der Waals surface area contributed by atoms with Crippen molar-refractivity contribution in [2.24, 2.45) is 0 Å². The van der Waals surface area contributed by atoms with Gasteiger partial charge in [0.2, 0.25) is 0 Å². The summed E-state index contributed by atoms with van der Waals surface area (Å²) >= 11 is 0. The Morgan fingerprint density at radius 3 is 1.16 bits per heavy atom. The van der Waals surface area contributed by atoms with Crippen LogP contribution in [0.3, 0.4) is 0 Å². The Morgan fingerprint density at radius 1 is 0.531 bits per heavy atom. The van der Waals surface area contributed by atoms with Gasteiger partial charge in [-0.25, -0.2) is 16.8 Å². The zero-order valence-electron chi connectivity index (χ0n) is 38.0. The van der Waals surface area contributed by atoms with E-state index in [1.54, 1.807) is 74.3 Å². The molecule has 6 aromatic rings. The molecule has 0 amide bonds. The van der Waals surface area contributed by atoms with Crippen LogP contribution in [0.2, 0.25) is 0 Å². The molecule has 2 aromatic heterocycles. The van der Waals surface area contributed by atoms with Crippen LogP contribution < -0.4 is 18.9 Å². The van der Waals surface area contributed by atoms with E-state index in [-0.39, 0.29) is 48.3 Å². The molecule has 15 nitrogen and oxygen atoms in total. The number of benzene rings is 4. The van der Waals surface area contributed by atoms with Crippen LogP contribution in [0, 0.1) is 0 Å². The monoisotopic (exact) mass is 916 g/mol. The van der Waals surface area contributed by atoms with Crippen molar-refractivity contribution in [2.45, 2.75) is 95.5 Å². The molecule has 2 heterocycles. The molecule has 0 aliphatic rings. The van der Waals surface area contributed by atoms with Crippen molar-refractivity contribution in [1.29, 1.82) is 0 Å². The van der Waals surface area contributed by atoms with Gasteiger partial charge in [0, 0.05) is 50.5 Å². The van der Waals surface area contributed by atoms with Crippen LogP contribution in [0.4, 0.5) is 0 Å². The normalized spacial score (nSPS) is 12.3. The molecule has 17 heteroatoms. The smallest absolute Gasteiger partial charge is 0.263 e. The van der Waals surface area contributed by atoms with Crippen LogP contribution in [0.5, 0.6) is 23.0 Å². The second-order valence-electron chi connectivity index (χ2n) is 15.5. The number of nitrogens with zero attached hydrogens (tertiary/aromatic N) is 6. The highest BCUT2D eigenvalue weighted by Crippen LogP contribution is 2.28. The van der Waals surface area contributed by atoms with E-state index in [9.17, 15) is 21.9 Å². The maximum Gasteiger partial charge on any atom is 0.263 e. The summed E-state index contributed by atoms with van der Waals surface area (Å²) in [6, 6.07) is 32.3. The highest BCUT2D eigenvalue weighted by Gasteiger charge is 2.31. The third kappa shape index (κ3) is 12.5.